The first kappa shape index (κ1) is 22.7. The number of rotatable bonds is 14. The fourth-order valence-electron chi connectivity index (χ4n) is 3.08. The summed E-state index contributed by atoms with van der Waals surface area (Å²) in [5.41, 5.74) is 0. The van der Waals surface area contributed by atoms with E-state index in [-0.39, 0.29) is 17.0 Å². The number of unbranched alkanes of at least 4 members (excludes halogenated alkanes) is 9. The molecule has 0 rings (SSSR count). The quantitative estimate of drug-likeness (QED) is 0.334. The maximum Gasteiger partial charge on any atom is 0.0786 e. The van der Waals surface area contributed by atoms with Crippen molar-refractivity contribution in [3.8, 4) is 0 Å². The second kappa shape index (κ2) is 15.8. The van der Waals surface area contributed by atoms with E-state index in [4.69, 9.17) is 0 Å². The molecule has 0 aromatic carbocycles. The molecule has 0 N–H and O–H groups in total. The zero-order valence-electron chi connectivity index (χ0n) is 14.7. The van der Waals surface area contributed by atoms with Crippen molar-refractivity contribution in [2.45, 2.75) is 91.9 Å². The summed E-state index contributed by atoms with van der Waals surface area (Å²) in [6, 6.07) is 0. The maximum absolute atomic E-state index is 2.35. The highest BCUT2D eigenvalue weighted by Gasteiger charge is 2.19. The lowest BCUT2D eigenvalue weighted by Gasteiger charge is -2.35. The first-order valence-corrected chi connectivity index (χ1v) is 9.09. The van der Waals surface area contributed by atoms with Crippen molar-refractivity contribution < 1.29 is 21.5 Å². The van der Waals surface area contributed by atoms with Crippen LogP contribution in [0, 0.1) is 0 Å². The molecule has 0 spiro atoms. The Balaban J connectivity index is 0. The average molecular weight is 350 g/mol. The van der Waals surface area contributed by atoms with Crippen molar-refractivity contribution >= 4 is 0 Å². The highest BCUT2D eigenvalue weighted by atomic mass is 79.9. The van der Waals surface area contributed by atoms with Gasteiger partial charge in [-0.15, -0.1) is 0 Å². The lowest BCUT2D eigenvalue weighted by Crippen LogP contribution is -3.00. The van der Waals surface area contributed by atoms with Gasteiger partial charge in [-0.3, -0.25) is 0 Å². The first-order chi connectivity index (χ1) is 9.24. The Bertz CT molecular complexity index is 170. The largest absolute Gasteiger partial charge is 1.00 e. The van der Waals surface area contributed by atoms with Gasteiger partial charge < -0.3 is 21.5 Å². The van der Waals surface area contributed by atoms with E-state index in [1.165, 1.54) is 94.9 Å². The van der Waals surface area contributed by atoms with Gasteiger partial charge in [-0.2, -0.15) is 0 Å². The topological polar surface area (TPSA) is 0 Å². The van der Waals surface area contributed by atoms with Crippen LogP contribution in [-0.4, -0.2) is 30.7 Å². The van der Waals surface area contributed by atoms with Crippen molar-refractivity contribution in [2.75, 3.05) is 26.2 Å². The zero-order chi connectivity index (χ0) is 14.4. The van der Waals surface area contributed by atoms with E-state index in [2.05, 4.69) is 27.7 Å². The SMILES string of the molecule is CCCCCCCCCCCC[N+](CC)(CC)CC.[Br-]. The van der Waals surface area contributed by atoms with Crippen molar-refractivity contribution in [3.05, 3.63) is 0 Å². The van der Waals surface area contributed by atoms with Crippen molar-refractivity contribution in [2.24, 2.45) is 0 Å². The van der Waals surface area contributed by atoms with Gasteiger partial charge in [0.05, 0.1) is 26.2 Å². The Kier molecular flexibility index (Phi) is 18.0. The second-order valence-corrected chi connectivity index (χ2v) is 6.20. The van der Waals surface area contributed by atoms with Gasteiger partial charge in [0.2, 0.25) is 0 Å². The highest BCUT2D eigenvalue weighted by molar-refractivity contribution is 4.48. The van der Waals surface area contributed by atoms with E-state index in [0.717, 1.165) is 0 Å². The van der Waals surface area contributed by atoms with E-state index >= 15 is 0 Å². The van der Waals surface area contributed by atoms with Crippen LogP contribution in [0.2, 0.25) is 0 Å². The molecule has 0 saturated carbocycles. The van der Waals surface area contributed by atoms with Gasteiger partial charge in [-0.05, 0) is 33.6 Å². The summed E-state index contributed by atoms with van der Waals surface area (Å²) < 4.78 is 1.33. The van der Waals surface area contributed by atoms with Crippen molar-refractivity contribution in [1.82, 2.24) is 0 Å². The molecule has 124 valence electrons. The smallest absolute Gasteiger partial charge is 0.0786 e. The van der Waals surface area contributed by atoms with E-state index in [9.17, 15) is 0 Å². The van der Waals surface area contributed by atoms with E-state index in [1.54, 1.807) is 0 Å². The van der Waals surface area contributed by atoms with Crippen LogP contribution in [0.3, 0.4) is 0 Å². The average Bonchev–Trinajstić information content (AvgIpc) is 2.46. The summed E-state index contributed by atoms with van der Waals surface area (Å²) in [4.78, 5) is 0. The number of halogens is 1. The van der Waals surface area contributed by atoms with Crippen molar-refractivity contribution in [3.63, 3.8) is 0 Å². The standard InChI is InChI=1S/C18H40N.BrH/c1-5-9-10-11-12-13-14-15-16-17-18-19(6-2,7-3)8-4;/h5-18H2,1-4H3;1H/q+1;/p-1. The Morgan fingerprint density at radius 1 is 0.500 bits per heavy atom. The van der Waals surface area contributed by atoms with E-state index in [1.807, 2.05) is 0 Å². The number of hydrogen-bond donors (Lipinski definition) is 0. The van der Waals surface area contributed by atoms with E-state index in [0.29, 0.717) is 0 Å². The van der Waals surface area contributed by atoms with Gasteiger partial charge in [0.25, 0.3) is 0 Å². The molecule has 0 saturated heterocycles. The third-order valence-electron chi connectivity index (χ3n) is 5.00. The molecule has 0 atom stereocenters. The molecular formula is C18H40BrN. The lowest BCUT2D eigenvalue weighted by atomic mass is 10.1. The highest BCUT2D eigenvalue weighted by Crippen LogP contribution is 2.13. The summed E-state index contributed by atoms with van der Waals surface area (Å²) in [6.07, 6.45) is 14.5. The van der Waals surface area contributed by atoms with Crippen LogP contribution < -0.4 is 17.0 Å². The molecule has 0 aromatic rings. The Morgan fingerprint density at radius 3 is 1.20 bits per heavy atom. The van der Waals surface area contributed by atoms with Gasteiger partial charge in [-0.25, -0.2) is 0 Å². The normalized spacial score (nSPS) is 11.4. The zero-order valence-corrected chi connectivity index (χ0v) is 16.3. The maximum atomic E-state index is 2.35. The summed E-state index contributed by atoms with van der Waals surface area (Å²) in [7, 11) is 0. The molecule has 0 aliphatic carbocycles. The number of quaternary nitrogens is 1. The van der Waals surface area contributed by atoms with Crippen LogP contribution in [0.25, 0.3) is 0 Å². The third kappa shape index (κ3) is 11.1. The molecular weight excluding hydrogens is 310 g/mol. The molecule has 2 heteroatoms. The molecule has 0 bridgehead atoms. The van der Waals surface area contributed by atoms with Crippen LogP contribution in [0.15, 0.2) is 0 Å². The number of hydrogen-bond acceptors (Lipinski definition) is 0. The van der Waals surface area contributed by atoms with Crippen LogP contribution in [0.4, 0.5) is 0 Å². The van der Waals surface area contributed by atoms with Gasteiger partial charge >= 0.3 is 0 Å². The lowest BCUT2D eigenvalue weighted by molar-refractivity contribution is -0.923. The molecule has 0 fully saturated rings. The fourth-order valence-corrected chi connectivity index (χ4v) is 3.08. The van der Waals surface area contributed by atoms with Crippen LogP contribution in [0.1, 0.15) is 91.9 Å². The Labute approximate surface area is 139 Å². The second-order valence-electron chi connectivity index (χ2n) is 6.20. The molecule has 20 heavy (non-hydrogen) atoms. The molecule has 0 aliphatic rings. The molecule has 0 aromatic heterocycles. The minimum atomic E-state index is 0. The van der Waals surface area contributed by atoms with Gasteiger partial charge in [0.15, 0.2) is 0 Å². The summed E-state index contributed by atoms with van der Waals surface area (Å²) in [5.74, 6) is 0. The predicted molar refractivity (Wildman–Crippen MR) is 88.6 cm³/mol. The Hall–Kier alpha value is 0.440. The molecule has 0 unspecified atom stereocenters. The van der Waals surface area contributed by atoms with Gasteiger partial charge in [0, 0.05) is 0 Å². The summed E-state index contributed by atoms with van der Waals surface area (Å²) >= 11 is 0. The predicted octanol–water partition coefficient (Wildman–Crippen LogP) is 2.79. The minimum Gasteiger partial charge on any atom is -1.00 e. The third-order valence-corrected chi connectivity index (χ3v) is 5.00. The molecule has 0 heterocycles. The van der Waals surface area contributed by atoms with Gasteiger partial charge in [0.1, 0.15) is 0 Å². The monoisotopic (exact) mass is 349 g/mol. The fraction of sp³-hybridized carbons (Fsp3) is 1.00. The van der Waals surface area contributed by atoms with Crippen LogP contribution in [-0.2, 0) is 0 Å². The number of nitrogens with zero attached hydrogens (tertiary/aromatic N) is 1. The first-order valence-electron chi connectivity index (χ1n) is 9.09. The van der Waals surface area contributed by atoms with Crippen LogP contribution >= 0.6 is 0 Å². The van der Waals surface area contributed by atoms with E-state index < -0.39 is 0 Å². The van der Waals surface area contributed by atoms with Gasteiger partial charge in [-0.1, -0.05) is 58.3 Å². The van der Waals surface area contributed by atoms with Crippen molar-refractivity contribution in [1.29, 1.82) is 0 Å². The summed E-state index contributed by atoms with van der Waals surface area (Å²) in [5, 5.41) is 0. The molecule has 0 aliphatic heterocycles. The molecule has 1 nitrogen and oxygen atoms in total. The summed E-state index contributed by atoms with van der Waals surface area (Å²) in [6.45, 7) is 14.7. The Morgan fingerprint density at radius 2 is 0.850 bits per heavy atom. The molecule has 0 amide bonds. The molecule has 0 radical (unpaired) electrons. The minimum absolute atomic E-state index is 0. The van der Waals surface area contributed by atoms with Crippen LogP contribution in [0.5, 0.6) is 0 Å².